The third-order valence-corrected chi connectivity index (χ3v) is 4.10. The number of anilines is 1. The lowest BCUT2D eigenvalue weighted by atomic mass is 10.1. The fourth-order valence-electron chi connectivity index (χ4n) is 1.53. The van der Waals surface area contributed by atoms with Gasteiger partial charge in [-0.1, -0.05) is 0 Å². The molecule has 0 aliphatic rings. The molecule has 16 heavy (non-hydrogen) atoms. The smallest absolute Gasteiger partial charge is 0.342 e. The maximum atomic E-state index is 11.6. The van der Waals surface area contributed by atoms with Crippen molar-refractivity contribution in [3.8, 4) is 0 Å². The Kier molecular flexibility index (Phi) is 2.94. The maximum absolute atomic E-state index is 11.6. The van der Waals surface area contributed by atoms with Gasteiger partial charge in [0.15, 0.2) is 0 Å². The zero-order valence-corrected chi connectivity index (χ0v) is 11.5. The fraction of sp³-hybridized carbons (Fsp3) is 0.100. The number of carbonyl (C=O) groups is 1. The number of rotatable bonds is 1. The molecule has 1 heterocycles. The Balaban J connectivity index is 2.79. The van der Waals surface area contributed by atoms with Crippen LogP contribution in [0.5, 0.6) is 0 Å². The summed E-state index contributed by atoms with van der Waals surface area (Å²) < 4.78 is 6.43. The minimum Gasteiger partial charge on any atom is -0.465 e. The largest absolute Gasteiger partial charge is 0.465 e. The summed E-state index contributed by atoms with van der Waals surface area (Å²) >= 11 is 6.76. The number of aromatic amines is 1. The van der Waals surface area contributed by atoms with E-state index in [-0.39, 0.29) is 0 Å². The Bertz CT molecular complexity index is 578. The van der Waals surface area contributed by atoms with Crippen LogP contribution in [0, 0.1) is 0 Å². The van der Waals surface area contributed by atoms with Crippen molar-refractivity contribution in [2.75, 3.05) is 12.8 Å². The first kappa shape index (κ1) is 11.5. The first-order valence-corrected chi connectivity index (χ1v) is 5.97. The quantitative estimate of drug-likeness (QED) is 0.779. The molecule has 84 valence electrons. The van der Waals surface area contributed by atoms with Crippen molar-refractivity contribution >= 4 is 54.5 Å². The molecule has 4 nitrogen and oxygen atoms in total. The third-order valence-electron chi connectivity index (χ3n) is 2.26. The summed E-state index contributed by atoms with van der Waals surface area (Å²) in [6.07, 6.45) is 0. The highest BCUT2D eigenvalue weighted by Gasteiger charge is 2.18. The summed E-state index contributed by atoms with van der Waals surface area (Å²) in [5.41, 5.74) is 6.89. The Labute approximate surface area is 108 Å². The van der Waals surface area contributed by atoms with E-state index in [4.69, 9.17) is 5.73 Å². The average molecular weight is 348 g/mol. The highest BCUT2D eigenvalue weighted by Crippen LogP contribution is 2.32. The number of esters is 1. The predicted octanol–water partition coefficient (Wildman–Crippen LogP) is 3.06. The monoisotopic (exact) mass is 346 g/mol. The summed E-state index contributed by atoms with van der Waals surface area (Å²) in [5.74, 6) is -0.134. The van der Waals surface area contributed by atoms with Crippen molar-refractivity contribution in [3.63, 3.8) is 0 Å². The second kappa shape index (κ2) is 4.10. The molecule has 0 aliphatic heterocycles. The van der Waals surface area contributed by atoms with Gasteiger partial charge in [-0.3, -0.25) is 0 Å². The van der Waals surface area contributed by atoms with E-state index in [9.17, 15) is 4.79 Å². The zero-order chi connectivity index (χ0) is 11.9. The van der Waals surface area contributed by atoms with Gasteiger partial charge >= 0.3 is 5.97 Å². The first-order valence-electron chi connectivity index (χ1n) is 4.39. The summed E-state index contributed by atoms with van der Waals surface area (Å²) in [4.78, 5) is 14.5. The average Bonchev–Trinajstić information content (AvgIpc) is 2.54. The van der Waals surface area contributed by atoms with Crippen molar-refractivity contribution in [1.29, 1.82) is 0 Å². The van der Waals surface area contributed by atoms with Gasteiger partial charge in [0.05, 0.1) is 7.11 Å². The predicted molar refractivity (Wildman–Crippen MR) is 69.5 cm³/mol. The molecule has 6 heteroatoms. The van der Waals surface area contributed by atoms with Crippen molar-refractivity contribution in [2.24, 2.45) is 0 Å². The lowest BCUT2D eigenvalue weighted by Gasteiger charge is -1.99. The van der Waals surface area contributed by atoms with Crippen molar-refractivity contribution in [3.05, 3.63) is 26.6 Å². The van der Waals surface area contributed by atoms with Gasteiger partial charge in [0.1, 0.15) is 11.4 Å². The van der Waals surface area contributed by atoms with E-state index in [1.54, 1.807) is 0 Å². The molecule has 3 N–H and O–H groups in total. The van der Waals surface area contributed by atoms with E-state index in [0.29, 0.717) is 11.4 Å². The van der Waals surface area contributed by atoms with Gasteiger partial charge in [0.25, 0.3) is 0 Å². The van der Waals surface area contributed by atoms with E-state index in [1.165, 1.54) is 7.11 Å². The van der Waals surface area contributed by atoms with Gasteiger partial charge in [-0.05, 0) is 44.0 Å². The summed E-state index contributed by atoms with van der Waals surface area (Å²) in [6.45, 7) is 0. The van der Waals surface area contributed by atoms with Gasteiger partial charge in [-0.25, -0.2) is 4.79 Å². The molecule has 0 amide bonds. The van der Waals surface area contributed by atoms with E-state index >= 15 is 0 Å². The summed E-state index contributed by atoms with van der Waals surface area (Å²) in [7, 11) is 1.33. The number of aromatic nitrogens is 1. The molecule has 0 spiro atoms. The molecule has 0 radical (unpaired) electrons. The van der Waals surface area contributed by atoms with Gasteiger partial charge in [0.2, 0.25) is 0 Å². The molecule has 1 aromatic carbocycles. The van der Waals surface area contributed by atoms with Crippen molar-refractivity contribution < 1.29 is 9.53 Å². The number of nitrogen functional groups attached to an aromatic ring is 1. The number of carbonyl (C=O) groups excluding carboxylic acids is 1. The molecule has 1 aromatic heterocycles. The molecule has 0 bridgehead atoms. The Morgan fingerprint density at radius 3 is 2.62 bits per heavy atom. The number of hydrogen-bond donors (Lipinski definition) is 2. The molecule has 2 rings (SSSR count). The molecule has 0 unspecified atom stereocenters. The lowest BCUT2D eigenvalue weighted by molar-refractivity contribution is 0.0604. The number of benzene rings is 1. The minimum atomic E-state index is -0.446. The Morgan fingerprint density at radius 1 is 1.38 bits per heavy atom. The molecular weight excluding hydrogens is 340 g/mol. The number of ether oxygens (including phenoxy) is 1. The molecule has 0 saturated carbocycles. The van der Waals surface area contributed by atoms with Crippen LogP contribution < -0.4 is 5.73 Å². The van der Waals surface area contributed by atoms with Crippen molar-refractivity contribution in [2.45, 2.75) is 0 Å². The third kappa shape index (κ3) is 1.72. The highest BCUT2D eigenvalue weighted by molar-refractivity contribution is 9.13. The van der Waals surface area contributed by atoms with Crippen LogP contribution in [0.3, 0.4) is 0 Å². The fourth-order valence-corrected chi connectivity index (χ4v) is 2.22. The number of fused-ring (bicyclic) bond motifs is 1. The minimum absolute atomic E-state index is 0.312. The van der Waals surface area contributed by atoms with Crippen LogP contribution in [0.2, 0.25) is 0 Å². The van der Waals surface area contributed by atoms with Crippen molar-refractivity contribution in [1.82, 2.24) is 4.98 Å². The first-order chi connectivity index (χ1) is 7.54. The van der Waals surface area contributed by atoms with Crippen LogP contribution in [0.15, 0.2) is 21.1 Å². The van der Waals surface area contributed by atoms with Gasteiger partial charge < -0.3 is 15.5 Å². The molecule has 0 saturated heterocycles. The van der Waals surface area contributed by atoms with Crippen LogP contribution in [0.25, 0.3) is 10.9 Å². The van der Waals surface area contributed by atoms with Crippen LogP contribution in [-0.2, 0) is 4.74 Å². The second-order valence-corrected chi connectivity index (χ2v) is 4.93. The number of H-pyrrole nitrogens is 1. The standard InChI is InChI=1S/C10H8Br2N2O2/c1-16-10(15)8-4-2-5(11)6(12)3-7(4)14-9(8)13/h2-3,14H,13H2,1H3. The van der Waals surface area contributed by atoms with Gasteiger partial charge in [-0.2, -0.15) is 0 Å². The molecule has 0 fully saturated rings. The number of nitrogens with two attached hydrogens (primary N) is 1. The Morgan fingerprint density at radius 2 is 2.00 bits per heavy atom. The maximum Gasteiger partial charge on any atom is 0.342 e. The number of halogens is 2. The molecule has 0 atom stereocenters. The van der Waals surface area contributed by atoms with Crippen LogP contribution >= 0.6 is 31.9 Å². The summed E-state index contributed by atoms with van der Waals surface area (Å²) in [5, 5.41) is 0.736. The SMILES string of the molecule is COC(=O)c1c(N)[nH]c2cc(Br)c(Br)cc12. The second-order valence-electron chi connectivity index (χ2n) is 3.22. The zero-order valence-electron chi connectivity index (χ0n) is 8.30. The number of methoxy groups -OCH3 is 1. The Hall–Kier alpha value is -1.01. The number of nitrogens with one attached hydrogen (secondary N) is 1. The van der Waals surface area contributed by atoms with Crippen LogP contribution in [0.4, 0.5) is 5.82 Å². The van der Waals surface area contributed by atoms with Gasteiger partial charge in [0, 0.05) is 19.8 Å². The molecule has 2 aromatic rings. The van der Waals surface area contributed by atoms with E-state index in [2.05, 4.69) is 41.6 Å². The molecular formula is C10H8Br2N2O2. The topological polar surface area (TPSA) is 68.1 Å². The van der Waals surface area contributed by atoms with Gasteiger partial charge in [-0.15, -0.1) is 0 Å². The van der Waals surface area contributed by atoms with E-state index in [1.807, 2.05) is 12.1 Å². The van der Waals surface area contributed by atoms with E-state index < -0.39 is 5.97 Å². The van der Waals surface area contributed by atoms with Crippen LogP contribution in [0.1, 0.15) is 10.4 Å². The van der Waals surface area contributed by atoms with E-state index in [0.717, 1.165) is 19.8 Å². The summed E-state index contributed by atoms with van der Waals surface area (Å²) in [6, 6.07) is 3.67. The number of hydrogen-bond acceptors (Lipinski definition) is 3. The molecule has 0 aliphatic carbocycles. The lowest BCUT2D eigenvalue weighted by Crippen LogP contribution is -2.03. The normalized spacial score (nSPS) is 10.7. The highest BCUT2D eigenvalue weighted by atomic mass is 79.9. The van der Waals surface area contributed by atoms with Crippen LogP contribution in [-0.4, -0.2) is 18.1 Å².